The van der Waals surface area contributed by atoms with Crippen molar-refractivity contribution in [3.8, 4) is 6.07 Å². The van der Waals surface area contributed by atoms with Crippen LogP contribution >= 0.6 is 0 Å². The van der Waals surface area contributed by atoms with Gasteiger partial charge in [0.1, 0.15) is 0 Å². The highest BCUT2D eigenvalue weighted by atomic mass is 16.5. The fourth-order valence-corrected chi connectivity index (χ4v) is 0.679. The Morgan fingerprint density at radius 3 is 2.75 bits per heavy atom. The van der Waals surface area contributed by atoms with Crippen LogP contribution < -0.4 is 0 Å². The molecule has 66 valence electrons. The van der Waals surface area contributed by atoms with Crippen molar-refractivity contribution >= 4 is 5.97 Å². The van der Waals surface area contributed by atoms with Crippen LogP contribution in [0.5, 0.6) is 0 Å². The molecule has 0 aliphatic rings. The average Bonchev–Trinajstić information content (AvgIpc) is 2.06. The molecule has 0 aliphatic heterocycles. The van der Waals surface area contributed by atoms with E-state index in [1.807, 2.05) is 13.0 Å². The summed E-state index contributed by atoms with van der Waals surface area (Å²) in [5.74, 6) is -1.21. The average molecular weight is 167 g/mol. The van der Waals surface area contributed by atoms with Gasteiger partial charge in [-0.2, -0.15) is 5.26 Å². The lowest BCUT2D eigenvalue weighted by atomic mass is 10.1. The zero-order valence-electron chi connectivity index (χ0n) is 7.41. The standard InChI is InChI=1S/C9H13NO2/c1-3-5-6-8(7-10)9(11)12-4-2/h5-6,8H,3-4H2,1-2H3/b6-5+. The summed E-state index contributed by atoms with van der Waals surface area (Å²) in [5.41, 5.74) is 0. The summed E-state index contributed by atoms with van der Waals surface area (Å²) in [6, 6.07) is 1.86. The number of hydrogen-bond acceptors (Lipinski definition) is 3. The van der Waals surface area contributed by atoms with Gasteiger partial charge in [-0.05, 0) is 13.3 Å². The van der Waals surface area contributed by atoms with E-state index in [0.717, 1.165) is 6.42 Å². The van der Waals surface area contributed by atoms with Crippen molar-refractivity contribution in [2.75, 3.05) is 6.61 Å². The lowest BCUT2D eigenvalue weighted by molar-refractivity contribution is -0.144. The van der Waals surface area contributed by atoms with Crippen LogP contribution in [0.4, 0.5) is 0 Å². The SMILES string of the molecule is CC/C=C/C(C#N)C(=O)OCC. The van der Waals surface area contributed by atoms with E-state index in [2.05, 4.69) is 4.74 Å². The molecular formula is C9H13NO2. The molecule has 12 heavy (non-hydrogen) atoms. The molecule has 1 atom stereocenters. The van der Waals surface area contributed by atoms with Crippen LogP contribution in [0.1, 0.15) is 20.3 Å². The van der Waals surface area contributed by atoms with Gasteiger partial charge in [-0.15, -0.1) is 0 Å². The Morgan fingerprint density at radius 1 is 1.67 bits per heavy atom. The molecule has 0 radical (unpaired) electrons. The van der Waals surface area contributed by atoms with Crippen LogP contribution in [0.2, 0.25) is 0 Å². The molecule has 0 spiro atoms. The Morgan fingerprint density at radius 2 is 2.33 bits per heavy atom. The molecule has 0 amide bonds. The van der Waals surface area contributed by atoms with E-state index in [4.69, 9.17) is 5.26 Å². The second kappa shape index (κ2) is 6.41. The number of allylic oxidation sites excluding steroid dienone is 1. The number of ether oxygens (including phenoxy) is 1. The maximum atomic E-state index is 11.0. The zero-order valence-corrected chi connectivity index (χ0v) is 7.41. The Kier molecular flexibility index (Phi) is 5.72. The molecule has 0 bridgehead atoms. The normalized spacial score (nSPS) is 12.4. The first-order valence-electron chi connectivity index (χ1n) is 3.99. The number of hydrogen-bond donors (Lipinski definition) is 0. The third-order valence-corrected chi connectivity index (χ3v) is 1.24. The van der Waals surface area contributed by atoms with Gasteiger partial charge in [0.2, 0.25) is 0 Å². The fourth-order valence-electron chi connectivity index (χ4n) is 0.679. The minimum absolute atomic E-state index is 0.316. The van der Waals surface area contributed by atoms with Gasteiger partial charge < -0.3 is 4.74 Å². The first kappa shape index (κ1) is 10.7. The number of rotatable bonds is 4. The molecule has 0 aromatic rings. The number of nitriles is 1. The van der Waals surface area contributed by atoms with E-state index in [1.165, 1.54) is 0 Å². The van der Waals surface area contributed by atoms with E-state index >= 15 is 0 Å². The molecule has 0 aliphatic carbocycles. The molecule has 0 aromatic heterocycles. The molecular weight excluding hydrogens is 154 g/mol. The van der Waals surface area contributed by atoms with Gasteiger partial charge >= 0.3 is 5.97 Å². The van der Waals surface area contributed by atoms with Crippen molar-refractivity contribution in [2.24, 2.45) is 5.92 Å². The highest BCUT2D eigenvalue weighted by Gasteiger charge is 2.14. The molecule has 0 heterocycles. The molecule has 0 fully saturated rings. The van der Waals surface area contributed by atoms with Gasteiger partial charge in [-0.25, -0.2) is 0 Å². The summed E-state index contributed by atoms with van der Waals surface area (Å²) >= 11 is 0. The maximum Gasteiger partial charge on any atom is 0.327 e. The fraction of sp³-hybridized carbons (Fsp3) is 0.556. The summed E-state index contributed by atoms with van der Waals surface area (Å²) in [7, 11) is 0. The van der Waals surface area contributed by atoms with Crippen LogP contribution in [0, 0.1) is 17.2 Å². The van der Waals surface area contributed by atoms with Crippen LogP contribution in [0.25, 0.3) is 0 Å². The van der Waals surface area contributed by atoms with Gasteiger partial charge in [-0.1, -0.05) is 19.1 Å². The van der Waals surface area contributed by atoms with E-state index in [-0.39, 0.29) is 0 Å². The summed E-state index contributed by atoms with van der Waals surface area (Å²) < 4.78 is 4.68. The van der Waals surface area contributed by atoms with E-state index < -0.39 is 11.9 Å². The second-order valence-corrected chi connectivity index (χ2v) is 2.20. The number of carbonyl (C=O) groups excluding carboxylic acids is 1. The van der Waals surface area contributed by atoms with Crippen LogP contribution in [-0.2, 0) is 9.53 Å². The van der Waals surface area contributed by atoms with Crippen molar-refractivity contribution in [3.05, 3.63) is 12.2 Å². The van der Waals surface area contributed by atoms with Gasteiger partial charge in [0, 0.05) is 0 Å². The number of nitrogens with zero attached hydrogens (tertiary/aromatic N) is 1. The molecule has 3 nitrogen and oxygen atoms in total. The Labute approximate surface area is 72.6 Å². The van der Waals surface area contributed by atoms with Crippen molar-refractivity contribution in [2.45, 2.75) is 20.3 Å². The van der Waals surface area contributed by atoms with Crippen molar-refractivity contribution < 1.29 is 9.53 Å². The zero-order chi connectivity index (χ0) is 9.40. The monoisotopic (exact) mass is 167 g/mol. The lowest BCUT2D eigenvalue weighted by Crippen LogP contribution is -2.13. The molecule has 0 rings (SSSR count). The summed E-state index contributed by atoms with van der Waals surface area (Å²) in [6.07, 6.45) is 4.17. The molecule has 3 heteroatoms. The van der Waals surface area contributed by atoms with Gasteiger partial charge in [0.15, 0.2) is 5.92 Å². The van der Waals surface area contributed by atoms with E-state index in [9.17, 15) is 4.79 Å². The van der Waals surface area contributed by atoms with Crippen molar-refractivity contribution in [1.82, 2.24) is 0 Å². The molecule has 0 saturated carbocycles. The smallest absolute Gasteiger partial charge is 0.327 e. The van der Waals surface area contributed by atoms with E-state index in [1.54, 1.807) is 19.1 Å². The van der Waals surface area contributed by atoms with Crippen molar-refractivity contribution in [3.63, 3.8) is 0 Å². The second-order valence-electron chi connectivity index (χ2n) is 2.20. The van der Waals surface area contributed by atoms with Crippen LogP contribution in [0.3, 0.4) is 0 Å². The van der Waals surface area contributed by atoms with Gasteiger partial charge in [0.25, 0.3) is 0 Å². The molecule has 0 aromatic carbocycles. The largest absolute Gasteiger partial charge is 0.465 e. The van der Waals surface area contributed by atoms with Crippen molar-refractivity contribution in [1.29, 1.82) is 5.26 Å². The predicted octanol–water partition coefficient (Wildman–Crippen LogP) is 1.66. The van der Waals surface area contributed by atoms with Crippen LogP contribution in [-0.4, -0.2) is 12.6 Å². The molecule has 1 unspecified atom stereocenters. The lowest BCUT2D eigenvalue weighted by Gasteiger charge is -2.02. The highest BCUT2D eigenvalue weighted by Crippen LogP contribution is 2.01. The Hall–Kier alpha value is -1.30. The summed E-state index contributed by atoms with van der Waals surface area (Å²) in [5, 5.41) is 8.55. The highest BCUT2D eigenvalue weighted by molar-refractivity contribution is 5.77. The molecule has 0 saturated heterocycles. The summed E-state index contributed by atoms with van der Waals surface area (Å²) in [6.45, 7) is 3.98. The number of carbonyl (C=O) groups is 1. The first-order chi connectivity index (χ1) is 5.76. The van der Waals surface area contributed by atoms with E-state index in [0.29, 0.717) is 6.61 Å². The van der Waals surface area contributed by atoms with Crippen LogP contribution in [0.15, 0.2) is 12.2 Å². The quantitative estimate of drug-likeness (QED) is 0.472. The maximum absolute atomic E-state index is 11.0. The molecule has 0 N–H and O–H groups in total. The van der Waals surface area contributed by atoms with Gasteiger partial charge in [-0.3, -0.25) is 4.79 Å². The minimum Gasteiger partial charge on any atom is -0.465 e. The third-order valence-electron chi connectivity index (χ3n) is 1.24. The Bertz CT molecular complexity index is 203. The number of esters is 1. The predicted molar refractivity (Wildman–Crippen MR) is 45.2 cm³/mol. The van der Waals surface area contributed by atoms with Gasteiger partial charge in [0.05, 0.1) is 12.7 Å². The first-order valence-corrected chi connectivity index (χ1v) is 3.99. The summed E-state index contributed by atoms with van der Waals surface area (Å²) in [4.78, 5) is 11.0. The topological polar surface area (TPSA) is 50.1 Å². The minimum atomic E-state index is -0.745. The third kappa shape index (κ3) is 3.77. The Balaban J connectivity index is 4.08.